The fraction of sp³-hybridized carbons (Fsp3) is 0.579. The Hall–Kier alpha value is -2.48. The molecular formula is C19H24N4O4. The normalized spacial score (nSPS) is 20.4. The molecule has 0 bridgehead atoms. The number of rotatable bonds is 3. The van der Waals surface area contributed by atoms with Crippen LogP contribution >= 0.6 is 0 Å². The van der Waals surface area contributed by atoms with Gasteiger partial charge in [-0.25, -0.2) is 4.98 Å². The highest BCUT2D eigenvalue weighted by Gasteiger charge is 2.33. The maximum Gasteiger partial charge on any atom is 0.258 e. The third-order valence-electron chi connectivity index (χ3n) is 5.33. The molecule has 4 rings (SSSR count). The summed E-state index contributed by atoms with van der Waals surface area (Å²) in [5, 5.41) is 4.59. The Bertz CT molecular complexity index is 872. The van der Waals surface area contributed by atoms with Crippen LogP contribution in [0, 0.1) is 13.8 Å². The maximum absolute atomic E-state index is 13.4. The van der Waals surface area contributed by atoms with E-state index in [1.54, 1.807) is 17.9 Å². The summed E-state index contributed by atoms with van der Waals surface area (Å²) in [6, 6.07) is 1.51. The first-order valence-corrected chi connectivity index (χ1v) is 9.44. The first-order chi connectivity index (χ1) is 13.0. The number of aromatic nitrogens is 2. The molecule has 1 atom stereocenters. The minimum Gasteiger partial charge on any atom is -0.377 e. The van der Waals surface area contributed by atoms with E-state index in [0.29, 0.717) is 54.2 Å². The van der Waals surface area contributed by atoms with E-state index in [-0.39, 0.29) is 17.9 Å². The van der Waals surface area contributed by atoms with E-state index in [4.69, 9.17) is 9.26 Å². The molecular weight excluding hydrogens is 348 g/mol. The monoisotopic (exact) mass is 372 g/mol. The van der Waals surface area contributed by atoms with Crippen LogP contribution in [0.25, 0.3) is 11.1 Å². The number of pyridine rings is 1. The van der Waals surface area contributed by atoms with Gasteiger partial charge in [-0.2, -0.15) is 0 Å². The predicted molar refractivity (Wildman–Crippen MR) is 97.4 cm³/mol. The average molecular weight is 372 g/mol. The summed E-state index contributed by atoms with van der Waals surface area (Å²) in [5.41, 5.74) is 2.23. The topological polar surface area (TPSA) is 88.8 Å². The van der Waals surface area contributed by atoms with Crippen LogP contribution in [0.2, 0.25) is 0 Å². The second-order valence-electron chi connectivity index (χ2n) is 7.28. The number of fused-ring (bicyclic) bond motifs is 1. The molecule has 0 radical (unpaired) electrons. The number of amides is 2. The highest BCUT2D eigenvalue weighted by molar-refractivity contribution is 6.06. The fourth-order valence-electron chi connectivity index (χ4n) is 3.93. The molecule has 0 aliphatic carbocycles. The zero-order valence-corrected chi connectivity index (χ0v) is 15.7. The highest BCUT2D eigenvalue weighted by atomic mass is 16.5. The molecule has 8 nitrogen and oxygen atoms in total. The van der Waals surface area contributed by atoms with E-state index in [9.17, 15) is 9.59 Å². The van der Waals surface area contributed by atoms with E-state index in [1.165, 1.54) is 0 Å². The van der Waals surface area contributed by atoms with Crippen LogP contribution in [-0.2, 0) is 9.53 Å². The molecule has 2 aromatic heterocycles. The van der Waals surface area contributed by atoms with Crippen molar-refractivity contribution in [3.05, 3.63) is 23.0 Å². The number of likely N-dealkylation sites (tertiary alicyclic amines) is 1. The predicted octanol–water partition coefficient (Wildman–Crippen LogP) is 1.69. The van der Waals surface area contributed by atoms with Crippen LogP contribution in [0.3, 0.4) is 0 Å². The van der Waals surface area contributed by atoms with Crippen molar-refractivity contribution in [2.45, 2.75) is 39.2 Å². The quantitative estimate of drug-likeness (QED) is 0.815. The second kappa shape index (κ2) is 7.26. The second-order valence-corrected chi connectivity index (χ2v) is 7.28. The van der Waals surface area contributed by atoms with Gasteiger partial charge in [0, 0.05) is 31.7 Å². The lowest BCUT2D eigenvalue weighted by molar-refractivity contribution is -0.132. The molecule has 2 aliphatic heterocycles. The summed E-state index contributed by atoms with van der Waals surface area (Å²) in [4.78, 5) is 33.9. The van der Waals surface area contributed by atoms with Crippen LogP contribution in [0.1, 0.15) is 41.0 Å². The summed E-state index contributed by atoms with van der Waals surface area (Å²) < 4.78 is 10.8. The number of ether oxygens (including phenoxy) is 1. The fourth-order valence-corrected chi connectivity index (χ4v) is 3.93. The average Bonchev–Trinajstić information content (AvgIpc) is 3.31. The van der Waals surface area contributed by atoms with Gasteiger partial charge in [-0.1, -0.05) is 5.16 Å². The van der Waals surface area contributed by atoms with Gasteiger partial charge in [0.2, 0.25) is 5.91 Å². The summed E-state index contributed by atoms with van der Waals surface area (Å²) >= 11 is 0. The van der Waals surface area contributed by atoms with Gasteiger partial charge in [-0.3, -0.25) is 9.59 Å². The molecule has 0 unspecified atom stereocenters. The Labute approximate surface area is 157 Å². The number of hydrogen-bond acceptors (Lipinski definition) is 6. The third-order valence-corrected chi connectivity index (χ3v) is 5.33. The number of hydrogen-bond donors (Lipinski definition) is 0. The van der Waals surface area contributed by atoms with Crippen molar-refractivity contribution < 1.29 is 18.8 Å². The SMILES string of the molecule is Cc1cc(C(=O)N2CCOC[C@@H]2CC(=O)N2CCCC2)c2c(C)noc2n1. The van der Waals surface area contributed by atoms with Crippen molar-refractivity contribution >= 4 is 22.9 Å². The van der Waals surface area contributed by atoms with E-state index in [1.807, 2.05) is 11.8 Å². The summed E-state index contributed by atoms with van der Waals surface area (Å²) in [5.74, 6) is -0.0302. The van der Waals surface area contributed by atoms with Crippen molar-refractivity contribution in [3.63, 3.8) is 0 Å². The van der Waals surface area contributed by atoms with Gasteiger partial charge < -0.3 is 19.1 Å². The molecule has 2 saturated heterocycles. The number of morpholine rings is 1. The van der Waals surface area contributed by atoms with E-state index in [2.05, 4.69) is 10.1 Å². The first kappa shape index (κ1) is 17.9. The Morgan fingerprint density at radius 1 is 1.22 bits per heavy atom. The molecule has 2 aliphatic rings. The van der Waals surface area contributed by atoms with E-state index < -0.39 is 0 Å². The van der Waals surface area contributed by atoms with Crippen LogP contribution in [-0.4, -0.2) is 70.6 Å². The summed E-state index contributed by atoms with van der Waals surface area (Å²) in [7, 11) is 0. The summed E-state index contributed by atoms with van der Waals surface area (Å²) in [6.07, 6.45) is 2.40. The number of nitrogens with zero attached hydrogens (tertiary/aromatic N) is 4. The molecule has 2 amide bonds. The largest absolute Gasteiger partial charge is 0.377 e. The highest BCUT2D eigenvalue weighted by Crippen LogP contribution is 2.25. The van der Waals surface area contributed by atoms with Crippen molar-refractivity contribution in [3.8, 4) is 0 Å². The molecule has 0 aromatic carbocycles. The third kappa shape index (κ3) is 3.41. The molecule has 27 heavy (non-hydrogen) atoms. The Kier molecular flexibility index (Phi) is 4.82. The zero-order valence-electron chi connectivity index (χ0n) is 15.7. The van der Waals surface area contributed by atoms with Crippen molar-refractivity contribution in [1.82, 2.24) is 19.9 Å². The zero-order chi connectivity index (χ0) is 19.0. The van der Waals surface area contributed by atoms with Crippen LogP contribution in [0.4, 0.5) is 0 Å². The maximum atomic E-state index is 13.4. The molecule has 2 aromatic rings. The molecule has 2 fully saturated rings. The van der Waals surface area contributed by atoms with Gasteiger partial charge in [0.1, 0.15) is 0 Å². The van der Waals surface area contributed by atoms with E-state index >= 15 is 0 Å². The molecule has 0 spiro atoms. The minimum atomic E-state index is -0.261. The number of aryl methyl sites for hydroxylation is 2. The van der Waals surface area contributed by atoms with Crippen molar-refractivity contribution in [2.24, 2.45) is 0 Å². The molecule has 8 heteroatoms. The van der Waals surface area contributed by atoms with Gasteiger partial charge in [-0.05, 0) is 32.8 Å². The van der Waals surface area contributed by atoms with E-state index in [0.717, 1.165) is 25.9 Å². The van der Waals surface area contributed by atoms with Gasteiger partial charge >= 0.3 is 0 Å². The lowest BCUT2D eigenvalue weighted by Gasteiger charge is -2.36. The van der Waals surface area contributed by atoms with Crippen LogP contribution in [0.15, 0.2) is 10.6 Å². The molecule has 0 saturated carbocycles. The lowest BCUT2D eigenvalue weighted by atomic mass is 10.1. The standard InChI is InChI=1S/C19H24N4O4/c1-12-9-15(17-13(2)21-27-18(17)20-12)19(25)23-7-8-26-11-14(23)10-16(24)22-5-3-4-6-22/h9,14H,3-8,10-11H2,1-2H3/t14-/m0/s1. The van der Waals surface area contributed by atoms with Crippen molar-refractivity contribution in [1.29, 1.82) is 0 Å². The van der Waals surface area contributed by atoms with Gasteiger partial charge in [0.15, 0.2) is 0 Å². The van der Waals surface area contributed by atoms with Crippen molar-refractivity contribution in [2.75, 3.05) is 32.8 Å². The van der Waals surface area contributed by atoms with Gasteiger partial charge in [-0.15, -0.1) is 0 Å². The smallest absolute Gasteiger partial charge is 0.258 e. The van der Waals surface area contributed by atoms with Crippen LogP contribution < -0.4 is 0 Å². The Balaban J connectivity index is 1.61. The van der Waals surface area contributed by atoms with Crippen LogP contribution in [0.5, 0.6) is 0 Å². The Morgan fingerprint density at radius 3 is 2.78 bits per heavy atom. The minimum absolute atomic E-state index is 0.0954. The van der Waals surface area contributed by atoms with Gasteiger partial charge in [0.25, 0.3) is 11.6 Å². The van der Waals surface area contributed by atoms with Gasteiger partial charge in [0.05, 0.1) is 35.9 Å². The molecule has 0 N–H and O–H groups in total. The lowest BCUT2D eigenvalue weighted by Crippen LogP contribution is -2.50. The Morgan fingerprint density at radius 2 is 2.00 bits per heavy atom. The molecule has 4 heterocycles. The number of carbonyl (C=O) groups excluding carboxylic acids is 2. The number of carbonyl (C=O) groups is 2. The summed E-state index contributed by atoms with van der Waals surface area (Å²) in [6.45, 7) is 6.55. The molecule has 144 valence electrons. The first-order valence-electron chi connectivity index (χ1n) is 9.44.